The van der Waals surface area contributed by atoms with Crippen molar-refractivity contribution in [1.29, 1.82) is 0 Å². The summed E-state index contributed by atoms with van der Waals surface area (Å²) in [5.74, 6) is 0.860. The number of benzene rings is 2. The quantitative estimate of drug-likeness (QED) is 0.847. The number of ether oxygens (including phenoxy) is 1. The third kappa shape index (κ3) is 2.19. The molecule has 1 heterocycles. The van der Waals surface area contributed by atoms with Gasteiger partial charge in [-0.15, -0.1) is 0 Å². The first kappa shape index (κ1) is 11.5. The molecule has 0 saturated carbocycles. The van der Waals surface area contributed by atoms with Gasteiger partial charge in [-0.3, -0.25) is 0 Å². The summed E-state index contributed by atoms with van der Waals surface area (Å²) in [6, 6.07) is 14.2. The van der Waals surface area contributed by atoms with Gasteiger partial charge in [-0.25, -0.2) is 0 Å². The monoisotopic (exact) mass is 243 g/mol. The highest BCUT2D eigenvalue weighted by Crippen LogP contribution is 2.27. The van der Waals surface area contributed by atoms with Gasteiger partial charge >= 0.3 is 0 Å². The van der Waals surface area contributed by atoms with Crippen molar-refractivity contribution in [3.63, 3.8) is 0 Å². The van der Waals surface area contributed by atoms with Crippen molar-refractivity contribution in [2.75, 3.05) is 13.1 Å². The van der Waals surface area contributed by atoms with E-state index in [1.165, 1.54) is 5.39 Å². The molecule has 0 amide bonds. The summed E-state index contributed by atoms with van der Waals surface area (Å²) < 4.78 is 5.99. The van der Waals surface area contributed by atoms with E-state index in [0.29, 0.717) is 6.54 Å². The number of fused-ring (bicyclic) bond motifs is 1. The fourth-order valence-corrected chi connectivity index (χ4v) is 2.42. The molecule has 2 aromatic carbocycles. The number of aliphatic hydroxyl groups excluding tert-OH is 1. The van der Waals surface area contributed by atoms with E-state index >= 15 is 0 Å². The minimum atomic E-state index is -0.433. The molecule has 0 spiro atoms. The maximum atomic E-state index is 9.91. The van der Waals surface area contributed by atoms with Crippen LogP contribution in [0.1, 0.15) is 6.42 Å². The molecule has 2 N–H and O–H groups in total. The van der Waals surface area contributed by atoms with E-state index in [2.05, 4.69) is 23.5 Å². The average molecular weight is 243 g/mol. The number of piperidine rings is 1. The minimum absolute atomic E-state index is 0.114. The van der Waals surface area contributed by atoms with Crippen molar-refractivity contribution in [2.45, 2.75) is 18.6 Å². The molecule has 3 heteroatoms. The molecule has 0 aromatic heterocycles. The summed E-state index contributed by atoms with van der Waals surface area (Å²) >= 11 is 0. The van der Waals surface area contributed by atoms with Gasteiger partial charge in [0.25, 0.3) is 0 Å². The molecule has 0 aliphatic carbocycles. The first-order valence-electron chi connectivity index (χ1n) is 6.38. The lowest BCUT2D eigenvalue weighted by molar-refractivity contribution is 0.0171. The van der Waals surface area contributed by atoms with Crippen molar-refractivity contribution in [3.05, 3.63) is 42.5 Å². The van der Waals surface area contributed by atoms with Crippen LogP contribution in [0.2, 0.25) is 0 Å². The van der Waals surface area contributed by atoms with E-state index in [4.69, 9.17) is 4.74 Å². The maximum absolute atomic E-state index is 9.91. The molecule has 1 aliphatic rings. The molecule has 18 heavy (non-hydrogen) atoms. The van der Waals surface area contributed by atoms with E-state index < -0.39 is 6.10 Å². The average Bonchev–Trinajstić information content (AvgIpc) is 2.42. The van der Waals surface area contributed by atoms with Crippen LogP contribution in [-0.4, -0.2) is 30.4 Å². The number of β-amino-alcohol motifs (C(OH)–C–C–N with tert-alkyl or cyclic N) is 1. The number of aliphatic hydroxyl groups is 1. The Balaban J connectivity index is 1.90. The lowest BCUT2D eigenvalue weighted by atomic mass is 10.1. The highest BCUT2D eigenvalue weighted by Gasteiger charge is 2.24. The smallest absolute Gasteiger partial charge is 0.127 e. The number of hydrogen-bond acceptors (Lipinski definition) is 3. The summed E-state index contributed by atoms with van der Waals surface area (Å²) in [4.78, 5) is 0. The lowest BCUT2D eigenvalue weighted by Gasteiger charge is -2.29. The standard InChI is InChI=1S/C15H17NO2/c17-13-10-16-9-8-15(13)18-14-7-3-5-11-4-1-2-6-12(11)14/h1-7,13,15-17H,8-10H2. The largest absolute Gasteiger partial charge is 0.487 e. The molecule has 2 unspecified atom stereocenters. The SMILES string of the molecule is OC1CNCCC1Oc1cccc2ccccc12. The molecule has 3 nitrogen and oxygen atoms in total. The van der Waals surface area contributed by atoms with Gasteiger partial charge in [0.05, 0.1) is 0 Å². The van der Waals surface area contributed by atoms with E-state index in [1.807, 2.05) is 24.3 Å². The molecule has 2 aromatic rings. The Labute approximate surface area is 106 Å². The zero-order valence-electron chi connectivity index (χ0n) is 10.2. The van der Waals surface area contributed by atoms with Crippen LogP contribution in [0.25, 0.3) is 10.8 Å². The Kier molecular flexibility index (Phi) is 3.17. The summed E-state index contributed by atoms with van der Waals surface area (Å²) in [5.41, 5.74) is 0. The van der Waals surface area contributed by atoms with Crippen LogP contribution in [-0.2, 0) is 0 Å². The van der Waals surface area contributed by atoms with Gasteiger partial charge in [-0.05, 0) is 24.4 Å². The van der Waals surface area contributed by atoms with Gasteiger partial charge in [0.1, 0.15) is 18.0 Å². The molecule has 2 atom stereocenters. The maximum Gasteiger partial charge on any atom is 0.127 e. The van der Waals surface area contributed by atoms with Crippen LogP contribution in [0.15, 0.2) is 42.5 Å². The second-order valence-electron chi connectivity index (χ2n) is 4.69. The molecular weight excluding hydrogens is 226 g/mol. The van der Waals surface area contributed by atoms with Crippen LogP contribution < -0.4 is 10.1 Å². The zero-order chi connectivity index (χ0) is 12.4. The van der Waals surface area contributed by atoms with Crippen LogP contribution in [0.5, 0.6) is 5.75 Å². The first-order chi connectivity index (χ1) is 8.84. The van der Waals surface area contributed by atoms with Crippen LogP contribution in [0.4, 0.5) is 0 Å². The Morgan fingerprint density at radius 1 is 1.11 bits per heavy atom. The van der Waals surface area contributed by atoms with E-state index in [9.17, 15) is 5.11 Å². The second-order valence-corrected chi connectivity index (χ2v) is 4.69. The van der Waals surface area contributed by atoms with Gasteiger partial charge in [0, 0.05) is 11.9 Å². The molecule has 3 rings (SSSR count). The van der Waals surface area contributed by atoms with Crippen molar-refractivity contribution in [3.8, 4) is 5.75 Å². The van der Waals surface area contributed by atoms with Crippen molar-refractivity contribution >= 4 is 10.8 Å². The Morgan fingerprint density at radius 2 is 1.94 bits per heavy atom. The molecule has 94 valence electrons. The van der Waals surface area contributed by atoms with Gasteiger partial charge in [-0.2, -0.15) is 0 Å². The van der Waals surface area contributed by atoms with E-state index in [0.717, 1.165) is 24.1 Å². The van der Waals surface area contributed by atoms with Crippen molar-refractivity contribution in [1.82, 2.24) is 5.32 Å². The normalized spacial score (nSPS) is 24.1. The second kappa shape index (κ2) is 4.96. The van der Waals surface area contributed by atoms with E-state index in [1.54, 1.807) is 0 Å². The number of rotatable bonds is 2. The third-order valence-electron chi connectivity index (χ3n) is 3.42. The fourth-order valence-electron chi connectivity index (χ4n) is 2.42. The van der Waals surface area contributed by atoms with Crippen molar-refractivity contribution < 1.29 is 9.84 Å². The summed E-state index contributed by atoms with van der Waals surface area (Å²) in [6.45, 7) is 1.50. The first-order valence-corrected chi connectivity index (χ1v) is 6.38. The zero-order valence-corrected chi connectivity index (χ0v) is 10.2. The molecule has 0 radical (unpaired) electrons. The molecule has 1 fully saturated rings. The molecule has 1 saturated heterocycles. The van der Waals surface area contributed by atoms with Crippen LogP contribution >= 0.6 is 0 Å². The Morgan fingerprint density at radius 3 is 2.83 bits per heavy atom. The highest BCUT2D eigenvalue weighted by molar-refractivity contribution is 5.88. The lowest BCUT2D eigenvalue weighted by Crippen LogP contribution is -2.46. The Hall–Kier alpha value is -1.58. The van der Waals surface area contributed by atoms with Crippen LogP contribution in [0.3, 0.4) is 0 Å². The minimum Gasteiger partial charge on any atom is -0.487 e. The predicted octanol–water partition coefficient (Wildman–Crippen LogP) is 1.94. The summed E-state index contributed by atoms with van der Waals surface area (Å²) in [7, 11) is 0. The van der Waals surface area contributed by atoms with Crippen LogP contribution in [0, 0.1) is 0 Å². The summed E-state index contributed by atoms with van der Waals surface area (Å²) in [6.07, 6.45) is 0.291. The van der Waals surface area contributed by atoms with Gasteiger partial charge < -0.3 is 15.2 Å². The van der Waals surface area contributed by atoms with Crippen molar-refractivity contribution in [2.24, 2.45) is 0 Å². The number of hydrogen-bond donors (Lipinski definition) is 2. The molecule has 1 aliphatic heterocycles. The van der Waals surface area contributed by atoms with Gasteiger partial charge in [-0.1, -0.05) is 36.4 Å². The highest BCUT2D eigenvalue weighted by atomic mass is 16.5. The predicted molar refractivity (Wildman–Crippen MR) is 71.9 cm³/mol. The molecule has 0 bridgehead atoms. The summed E-state index contributed by atoms with van der Waals surface area (Å²) in [5, 5.41) is 15.3. The van der Waals surface area contributed by atoms with Gasteiger partial charge in [0.15, 0.2) is 0 Å². The van der Waals surface area contributed by atoms with Gasteiger partial charge in [0.2, 0.25) is 0 Å². The molecular formula is C15H17NO2. The topological polar surface area (TPSA) is 41.5 Å². The van der Waals surface area contributed by atoms with E-state index in [-0.39, 0.29) is 6.10 Å². The third-order valence-corrected chi connectivity index (χ3v) is 3.42. The Bertz CT molecular complexity index is 536. The number of nitrogens with one attached hydrogen (secondary N) is 1. The fraction of sp³-hybridized carbons (Fsp3) is 0.333.